The first-order valence-corrected chi connectivity index (χ1v) is 7.44. The van der Waals surface area contributed by atoms with E-state index in [1.807, 2.05) is 17.9 Å². The molecule has 110 valence electrons. The standard InChI is InChI=1S/C15H21ClN2O2/c1-3-6-17-14-5-4-12(16)9-13(14)15(19)18-7-8-20-11(2)10-18/h4-5,9,11,17H,3,6-8,10H2,1-2H3. The van der Waals surface area contributed by atoms with Crippen LogP contribution in [0.3, 0.4) is 0 Å². The lowest BCUT2D eigenvalue weighted by atomic mass is 10.1. The van der Waals surface area contributed by atoms with Crippen LogP contribution in [0.2, 0.25) is 5.02 Å². The molecule has 1 aromatic rings. The Bertz CT molecular complexity index is 479. The maximum absolute atomic E-state index is 12.7. The van der Waals surface area contributed by atoms with Gasteiger partial charge in [-0.3, -0.25) is 4.79 Å². The van der Waals surface area contributed by atoms with Crippen molar-refractivity contribution in [2.24, 2.45) is 0 Å². The molecule has 1 fully saturated rings. The van der Waals surface area contributed by atoms with Crippen LogP contribution in [0.4, 0.5) is 5.69 Å². The number of nitrogens with one attached hydrogen (secondary N) is 1. The predicted octanol–water partition coefficient (Wildman–Crippen LogP) is 3.02. The van der Waals surface area contributed by atoms with Gasteiger partial charge in [0.2, 0.25) is 0 Å². The number of anilines is 1. The van der Waals surface area contributed by atoms with Crippen molar-refractivity contribution in [3.8, 4) is 0 Å². The maximum Gasteiger partial charge on any atom is 0.256 e. The van der Waals surface area contributed by atoms with Crippen molar-refractivity contribution < 1.29 is 9.53 Å². The van der Waals surface area contributed by atoms with E-state index in [4.69, 9.17) is 16.3 Å². The van der Waals surface area contributed by atoms with Gasteiger partial charge in [-0.15, -0.1) is 0 Å². The van der Waals surface area contributed by atoms with E-state index in [0.717, 1.165) is 18.7 Å². The van der Waals surface area contributed by atoms with Crippen LogP contribution in [0.5, 0.6) is 0 Å². The molecule has 4 nitrogen and oxygen atoms in total. The molecule has 5 heteroatoms. The van der Waals surface area contributed by atoms with Crippen molar-refractivity contribution >= 4 is 23.2 Å². The highest BCUT2D eigenvalue weighted by Crippen LogP contribution is 2.23. The van der Waals surface area contributed by atoms with Gasteiger partial charge in [-0.25, -0.2) is 0 Å². The normalized spacial score (nSPS) is 18.9. The number of morpholine rings is 1. The number of benzene rings is 1. The van der Waals surface area contributed by atoms with Crippen molar-refractivity contribution in [3.05, 3.63) is 28.8 Å². The van der Waals surface area contributed by atoms with Crippen LogP contribution >= 0.6 is 11.6 Å². The molecule has 1 amide bonds. The molecule has 20 heavy (non-hydrogen) atoms. The van der Waals surface area contributed by atoms with Gasteiger partial charge in [0.1, 0.15) is 0 Å². The van der Waals surface area contributed by atoms with Crippen LogP contribution in [0, 0.1) is 0 Å². The fourth-order valence-electron chi connectivity index (χ4n) is 2.28. The quantitative estimate of drug-likeness (QED) is 0.928. The summed E-state index contributed by atoms with van der Waals surface area (Å²) in [7, 11) is 0. The largest absolute Gasteiger partial charge is 0.384 e. The lowest BCUT2D eigenvalue weighted by Crippen LogP contribution is -2.44. The third-order valence-electron chi connectivity index (χ3n) is 3.31. The number of halogens is 1. The van der Waals surface area contributed by atoms with E-state index in [-0.39, 0.29) is 12.0 Å². The third-order valence-corrected chi connectivity index (χ3v) is 3.54. The highest BCUT2D eigenvalue weighted by atomic mass is 35.5. The molecule has 1 atom stereocenters. The summed E-state index contributed by atoms with van der Waals surface area (Å²) in [6.45, 7) is 6.75. The third kappa shape index (κ3) is 3.64. The SMILES string of the molecule is CCCNc1ccc(Cl)cc1C(=O)N1CCOC(C)C1. The van der Waals surface area contributed by atoms with Crippen molar-refractivity contribution in [3.63, 3.8) is 0 Å². The summed E-state index contributed by atoms with van der Waals surface area (Å²) in [6.07, 6.45) is 1.09. The van der Waals surface area contributed by atoms with Crippen molar-refractivity contribution in [1.29, 1.82) is 0 Å². The number of ether oxygens (including phenoxy) is 1. The maximum atomic E-state index is 12.7. The molecule has 0 saturated carbocycles. The van der Waals surface area contributed by atoms with Gasteiger partial charge in [0, 0.05) is 30.3 Å². The lowest BCUT2D eigenvalue weighted by Gasteiger charge is -2.31. The summed E-state index contributed by atoms with van der Waals surface area (Å²) in [4.78, 5) is 14.5. The van der Waals surface area contributed by atoms with Crippen molar-refractivity contribution in [2.75, 3.05) is 31.6 Å². The Hall–Kier alpha value is -1.26. The Labute approximate surface area is 125 Å². The first-order valence-electron chi connectivity index (χ1n) is 7.06. The minimum Gasteiger partial charge on any atom is -0.384 e. The first-order chi connectivity index (χ1) is 9.61. The molecule has 0 aliphatic carbocycles. The molecule has 2 rings (SSSR count). The van der Waals surface area contributed by atoms with Crippen molar-refractivity contribution in [1.82, 2.24) is 4.90 Å². The Morgan fingerprint density at radius 2 is 2.35 bits per heavy atom. The molecule has 1 heterocycles. The summed E-state index contributed by atoms with van der Waals surface area (Å²) in [5.74, 6) is 0.0150. The highest BCUT2D eigenvalue weighted by Gasteiger charge is 2.24. The van der Waals surface area contributed by atoms with E-state index in [0.29, 0.717) is 30.3 Å². The van der Waals surface area contributed by atoms with Crippen LogP contribution in [0.1, 0.15) is 30.6 Å². The van der Waals surface area contributed by atoms with Gasteiger partial charge in [0.25, 0.3) is 5.91 Å². The molecule has 0 aromatic heterocycles. The molecule has 1 aliphatic rings. The number of rotatable bonds is 4. The molecule has 1 N–H and O–H groups in total. The zero-order chi connectivity index (χ0) is 14.5. The topological polar surface area (TPSA) is 41.6 Å². The van der Waals surface area contributed by atoms with Crippen LogP contribution in [0.15, 0.2) is 18.2 Å². The number of nitrogens with zero attached hydrogens (tertiary/aromatic N) is 1. The number of amides is 1. The second kappa shape index (κ2) is 6.95. The van der Waals surface area contributed by atoms with Gasteiger partial charge in [-0.1, -0.05) is 18.5 Å². The second-order valence-electron chi connectivity index (χ2n) is 5.05. The van der Waals surface area contributed by atoms with Crippen LogP contribution in [0.25, 0.3) is 0 Å². The molecule has 1 aromatic carbocycles. The number of hydrogen-bond donors (Lipinski definition) is 1. The van der Waals surface area contributed by atoms with Gasteiger partial charge in [-0.05, 0) is 31.5 Å². The van der Waals surface area contributed by atoms with E-state index in [1.54, 1.807) is 12.1 Å². The molecule has 0 bridgehead atoms. The molecule has 1 aliphatic heterocycles. The fourth-order valence-corrected chi connectivity index (χ4v) is 2.45. The Morgan fingerprint density at radius 1 is 1.55 bits per heavy atom. The highest BCUT2D eigenvalue weighted by molar-refractivity contribution is 6.31. The van der Waals surface area contributed by atoms with Crippen molar-refractivity contribution in [2.45, 2.75) is 26.4 Å². The summed E-state index contributed by atoms with van der Waals surface area (Å²) in [5.41, 5.74) is 1.49. The molecular formula is C15H21ClN2O2. The van der Waals surface area contributed by atoms with Crippen LogP contribution < -0.4 is 5.32 Å². The zero-order valence-corrected chi connectivity index (χ0v) is 12.7. The van der Waals surface area contributed by atoms with Gasteiger partial charge in [0.15, 0.2) is 0 Å². The Kier molecular flexibility index (Phi) is 5.26. The van der Waals surface area contributed by atoms with Gasteiger partial charge in [-0.2, -0.15) is 0 Å². The molecule has 1 unspecified atom stereocenters. The molecular weight excluding hydrogens is 276 g/mol. The fraction of sp³-hybridized carbons (Fsp3) is 0.533. The van der Waals surface area contributed by atoms with Gasteiger partial charge >= 0.3 is 0 Å². The number of carbonyl (C=O) groups excluding carboxylic acids is 1. The minimum atomic E-state index is 0.0150. The van der Waals surface area contributed by atoms with E-state index >= 15 is 0 Å². The summed E-state index contributed by atoms with van der Waals surface area (Å²) < 4.78 is 5.48. The average molecular weight is 297 g/mol. The Balaban J connectivity index is 2.20. The van der Waals surface area contributed by atoms with Crippen LogP contribution in [-0.4, -0.2) is 43.2 Å². The molecule has 1 saturated heterocycles. The zero-order valence-electron chi connectivity index (χ0n) is 12.0. The lowest BCUT2D eigenvalue weighted by molar-refractivity contribution is -0.0123. The van der Waals surface area contributed by atoms with E-state index in [1.165, 1.54) is 0 Å². The molecule has 0 spiro atoms. The van der Waals surface area contributed by atoms with Gasteiger partial charge in [0.05, 0.1) is 18.3 Å². The van der Waals surface area contributed by atoms with Gasteiger partial charge < -0.3 is 15.0 Å². The number of carbonyl (C=O) groups is 1. The Morgan fingerprint density at radius 3 is 3.05 bits per heavy atom. The van der Waals surface area contributed by atoms with E-state index in [9.17, 15) is 4.79 Å². The van der Waals surface area contributed by atoms with E-state index < -0.39 is 0 Å². The summed E-state index contributed by atoms with van der Waals surface area (Å²) in [6, 6.07) is 5.41. The summed E-state index contributed by atoms with van der Waals surface area (Å²) >= 11 is 6.04. The average Bonchev–Trinajstić information content (AvgIpc) is 2.45. The number of hydrogen-bond acceptors (Lipinski definition) is 3. The second-order valence-corrected chi connectivity index (χ2v) is 5.49. The smallest absolute Gasteiger partial charge is 0.256 e. The first kappa shape index (κ1) is 15.1. The summed E-state index contributed by atoms with van der Waals surface area (Å²) in [5, 5.41) is 3.86. The predicted molar refractivity (Wildman–Crippen MR) is 81.6 cm³/mol. The van der Waals surface area contributed by atoms with E-state index in [2.05, 4.69) is 12.2 Å². The van der Waals surface area contributed by atoms with Crippen LogP contribution in [-0.2, 0) is 4.74 Å². The monoisotopic (exact) mass is 296 g/mol. The molecule has 0 radical (unpaired) electrons. The minimum absolute atomic E-state index is 0.0150.